The quantitative estimate of drug-likeness (QED) is 0.425. The number of ether oxygens (including phenoxy) is 1. The van der Waals surface area contributed by atoms with E-state index in [1.54, 1.807) is 13.0 Å². The summed E-state index contributed by atoms with van der Waals surface area (Å²) in [4.78, 5) is 11.9. The van der Waals surface area contributed by atoms with E-state index in [0.29, 0.717) is 22.8 Å². The van der Waals surface area contributed by atoms with Gasteiger partial charge in [-0.05, 0) is 54.4 Å². The van der Waals surface area contributed by atoms with Gasteiger partial charge in [-0.15, -0.1) is 0 Å². The second-order valence-corrected chi connectivity index (χ2v) is 7.73. The lowest BCUT2D eigenvalue weighted by Gasteiger charge is -2.26. The van der Waals surface area contributed by atoms with Crippen LogP contribution in [-0.4, -0.2) is 11.1 Å². The Morgan fingerprint density at radius 3 is 2.30 bits per heavy atom. The minimum Gasteiger partial charge on any atom is -0.423 e. The number of hydrogen-bond acceptors (Lipinski definition) is 3. The molecule has 0 aromatic heterocycles. The number of carbonyl (C=O) groups excluding carboxylic acids is 1. The summed E-state index contributed by atoms with van der Waals surface area (Å²) in [5.74, 6) is 1.42. The third-order valence-electron chi connectivity index (χ3n) is 5.52. The van der Waals surface area contributed by atoms with E-state index in [1.165, 1.54) is 31.2 Å². The molecule has 0 unspecified atom stereocenters. The number of esters is 1. The first kappa shape index (κ1) is 19.4. The molecule has 0 radical (unpaired) electrons. The van der Waals surface area contributed by atoms with Gasteiger partial charge in [0.15, 0.2) is 0 Å². The van der Waals surface area contributed by atoms with Crippen molar-refractivity contribution in [3.05, 3.63) is 65.7 Å². The van der Waals surface area contributed by atoms with Crippen LogP contribution in [0.5, 0.6) is 5.75 Å². The van der Waals surface area contributed by atoms with E-state index < -0.39 is 5.97 Å². The van der Waals surface area contributed by atoms with Crippen molar-refractivity contribution in [3.8, 4) is 16.9 Å². The number of rotatable bonds is 5. The van der Waals surface area contributed by atoms with Crippen LogP contribution in [0.25, 0.3) is 11.1 Å². The molecule has 142 valence electrons. The second kappa shape index (κ2) is 8.53. The van der Waals surface area contributed by atoms with Crippen LogP contribution in [-0.2, 0) is 11.4 Å². The smallest absolute Gasteiger partial charge is 0.338 e. The molecule has 3 rings (SSSR count). The van der Waals surface area contributed by atoms with Crippen LogP contribution in [0.3, 0.4) is 0 Å². The lowest BCUT2D eigenvalue weighted by atomic mass is 9.79. The van der Waals surface area contributed by atoms with Crippen molar-refractivity contribution >= 4 is 5.97 Å². The molecule has 1 aliphatic carbocycles. The summed E-state index contributed by atoms with van der Waals surface area (Å²) in [5.41, 5.74) is 4.35. The number of benzene rings is 2. The maximum Gasteiger partial charge on any atom is 0.338 e. The first-order valence-electron chi connectivity index (χ1n) is 9.69. The SMILES string of the molecule is C=C(C)C(=O)Oc1cc(-c2ccc(C3CCC(C)CC3)cc2)ccc1CO. The van der Waals surface area contributed by atoms with E-state index in [4.69, 9.17) is 4.74 Å². The third kappa shape index (κ3) is 4.67. The lowest BCUT2D eigenvalue weighted by molar-refractivity contribution is -0.130. The first-order chi connectivity index (χ1) is 13.0. The molecule has 0 heterocycles. The van der Waals surface area contributed by atoms with Crippen LogP contribution < -0.4 is 4.74 Å². The van der Waals surface area contributed by atoms with Gasteiger partial charge in [-0.2, -0.15) is 0 Å². The summed E-state index contributed by atoms with van der Waals surface area (Å²) in [7, 11) is 0. The zero-order chi connectivity index (χ0) is 19.4. The van der Waals surface area contributed by atoms with Crippen molar-refractivity contribution in [1.29, 1.82) is 0 Å². The van der Waals surface area contributed by atoms with Gasteiger partial charge in [0.25, 0.3) is 0 Å². The number of aliphatic hydroxyl groups excluding tert-OH is 1. The van der Waals surface area contributed by atoms with Crippen molar-refractivity contribution in [2.45, 2.75) is 52.1 Å². The molecular weight excluding hydrogens is 336 g/mol. The summed E-state index contributed by atoms with van der Waals surface area (Å²) in [5, 5.41) is 9.52. The van der Waals surface area contributed by atoms with Gasteiger partial charge < -0.3 is 9.84 Å². The number of carbonyl (C=O) groups is 1. The highest BCUT2D eigenvalue weighted by molar-refractivity contribution is 5.89. The van der Waals surface area contributed by atoms with E-state index in [9.17, 15) is 9.90 Å². The molecule has 1 saturated carbocycles. The maximum atomic E-state index is 11.9. The van der Waals surface area contributed by atoms with Crippen molar-refractivity contribution in [3.63, 3.8) is 0 Å². The predicted molar refractivity (Wildman–Crippen MR) is 109 cm³/mol. The van der Waals surface area contributed by atoms with Crippen LogP contribution in [0.1, 0.15) is 56.6 Å². The van der Waals surface area contributed by atoms with Gasteiger partial charge in [-0.25, -0.2) is 4.79 Å². The summed E-state index contributed by atoms with van der Waals surface area (Å²) >= 11 is 0. The van der Waals surface area contributed by atoms with E-state index in [1.807, 2.05) is 12.1 Å². The van der Waals surface area contributed by atoms with E-state index in [0.717, 1.165) is 17.0 Å². The third-order valence-corrected chi connectivity index (χ3v) is 5.52. The Balaban J connectivity index is 1.81. The predicted octanol–water partition coefficient (Wildman–Crippen LogP) is 5.62. The molecule has 0 atom stereocenters. The Morgan fingerprint density at radius 2 is 1.70 bits per heavy atom. The molecule has 27 heavy (non-hydrogen) atoms. The molecule has 1 N–H and O–H groups in total. The molecule has 3 heteroatoms. The van der Waals surface area contributed by atoms with Crippen LogP contribution in [0.15, 0.2) is 54.6 Å². The fourth-order valence-corrected chi connectivity index (χ4v) is 3.69. The standard InChI is InChI=1S/C24H28O3/c1-16(2)24(26)27-23-14-21(12-13-22(23)15-25)20-10-8-19(9-11-20)18-6-4-17(3)5-7-18/h8-14,17-18,25H,1,4-7,15H2,2-3H3. The fraction of sp³-hybridized carbons (Fsp3) is 0.375. The average molecular weight is 364 g/mol. The van der Waals surface area contributed by atoms with Crippen molar-refractivity contribution in [2.24, 2.45) is 5.92 Å². The number of aliphatic hydroxyl groups is 1. The van der Waals surface area contributed by atoms with Gasteiger partial charge in [0.1, 0.15) is 5.75 Å². The monoisotopic (exact) mass is 364 g/mol. The molecule has 1 aliphatic rings. The Bertz CT molecular complexity index is 812. The van der Waals surface area contributed by atoms with Crippen molar-refractivity contribution in [2.75, 3.05) is 0 Å². The highest BCUT2D eigenvalue weighted by atomic mass is 16.5. The van der Waals surface area contributed by atoms with Crippen LogP contribution >= 0.6 is 0 Å². The van der Waals surface area contributed by atoms with Gasteiger partial charge in [-0.1, -0.05) is 62.7 Å². The Labute approximate surface area is 161 Å². The van der Waals surface area contributed by atoms with Crippen LogP contribution in [0.2, 0.25) is 0 Å². The Morgan fingerprint density at radius 1 is 1.07 bits per heavy atom. The zero-order valence-electron chi connectivity index (χ0n) is 16.2. The molecule has 0 spiro atoms. The van der Waals surface area contributed by atoms with E-state index in [2.05, 4.69) is 37.8 Å². The summed E-state index contributed by atoms with van der Waals surface area (Å²) in [6.07, 6.45) is 5.17. The molecule has 0 amide bonds. The van der Waals surface area contributed by atoms with Gasteiger partial charge in [-0.3, -0.25) is 0 Å². The molecule has 0 saturated heterocycles. The first-order valence-corrected chi connectivity index (χ1v) is 9.69. The second-order valence-electron chi connectivity index (χ2n) is 7.73. The normalized spacial score (nSPS) is 19.5. The topological polar surface area (TPSA) is 46.5 Å². The van der Waals surface area contributed by atoms with Gasteiger partial charge in [0, 0.05) is 11.1 Å². The summed E-state index contributed by atoms with van der Waals surface area (Å²) < 4.78 is 5.39. The Kier molecular flexibility index (Phi) is 6.12. The average Bonchev–Trinajstić information content (AvgIpc) is 2.68. The minimum atomic E-state index is -0.483. The van der Waals surface area contributed by atoms with Crippen molar-refractivity contribution in [1.82, 2.24) is 0 Å². The van der Waals surface area contributed by atoms with Gasteiger partial charge in [0.2, 0.25) is 0 Å². The maximum absolute atomic E-state index is 11.9. The molecule has 1 fully saturated rings. The molecule has 2 aromatic rings. The zero-order valence-corrected chi connectivity index (χ0v) is 16.2. The highest BCUT2D eigenvalue weighted by Gasteiger charge is 2.19. The van der Waals surface area contributed by atoms with Crippen molar-refractivity contribution < 1.29 is 14.6 Å². The summed E-state index contributed by atoms with van der Waals surface area (Å²) in [6.45, 7) is 7.37. The van der Waals surface area contributed by atoms with Crippen LogP contribution in [0, 0.1) is 5.92 Å². The summed E-state index contributed by atoms with van der Waals surface area (Å²) in [6, 6.07) is 14.2. The lowest BCUT2D eigenvalue weighted by Crippen LogP contribution is -2.10. The molecule has 0 bridgehead atoms. The van der Waals surface area contributed by atoms with E-state index in [-0.39, 0.29) is 6.61 Å². The number of hydrogen-bond donors (Lipinski definition) is 1. The molecule has 0 aliphatic heterocycles. The molecule has 2 aromatic carbocycles. The molecule has 3 nitrogen and oxygen atoms in total. The van der Waals surface area contributed by atoms with Gasteiger partial charge >= 0.3 is 5.97 Å². The molecular formula is C24H28O3. The minimum absolute atomic E-state index is 0.182. The van der Waals surface area contributed by atoms with Gasteiger partial charge in [0.05, 0.1) is 6.61 Å². The largest absolute Gasteiger partial charge is 0.423 e. The Hall–Kier alpha value is -2.39. The van der Waals surface area contributed by atoms with Crippen LogP contribution in [0.4, 0.5) is 0 Å². The highest BCUT2D eigenvalue weighted by Crippen LogP contribution is 2.36. The van der Waals surface area contributed by atoms with E-state index >= 15 is 0 Å². The fourth-order valence-electron chi connectivity index (χ4n) is 3.69.